The second-order valence-corrected chi connectivity index (χ2v) is 8.40. The average molecular weight is 443 g/mol. The van der Waals surface area contributed by atoms with Gasteiger partial charge in [-0.05, 0) is 54.4 Å². The SMILES string of the molecule is CC(C)[C@@H](O)C(=O)N1CCn2c(nc(-c3ccc(F)cc3)c2Nc2ccc(Cl)cc2)C1. The predicted octanol–water partition coefficient (Wildman–Crippen LogP) is 4.45. The number of benzene rings is 2. The summed E-state index contributed by atoms with van der Waals surface area (Å²) in [6, 6.07) is 13.5. The van der Waals surface area contributed by atoms with Gasteiger partial charge in [0.25, 0.3) is 5.91 Å². The minimum Gasteiger partial charge on any atom is -0.383 e. The van der Waals surface area contributed by atoms with E-state index >= 15 is 0 Å². The molecule has 0 saturated carbocycles. The minimum atomic E-state index is -1.04. The smallest absolute Gasteiger partial charge is 0.252 e. The number of rotatable bonds is 5. The number of carbonyl (C=O) groups is 1. The highest BCUT2D eigenvalue weighted by atomic mass is 35.5. The van der Waals surface area contributed by atoms with Gasteiger partial charge in [-0.3, -0.25) is 4.79 Å². The van der Waals surface area contributed by atoms with E-state index in [1.165, 1.54) is 12.1 Å². The van der Waals surface area contributed by atoms with E-state index < -0.39 is 6.10 Å². The standard InChI is InChI=1S/C23H24ClFN4O2/c1-14(2)21(30)23(31)28-11-12-29-19(13-28)27-20(15-3-7-17(25)8-4-15)22(29)26-18-9-5-16(24)6-10-18/h3-10,14,21,26,30H,11-13H2,1-2H3/t21-/m1/s1. The van der Waals surface area contributed by atoms with E-state index in [0.717, 1.165) is 17.1 Å². The molecule has 2 aromatic carbocycles. The molecule has 3 aromatic rings. The number of aliphatic hydroxyl groups is 1. The Bertz CT molecular complexity index is 1080. The lowest BCUT2D eigenvalue weighted by molar-refractivity contribution is -0.144. The van der Waals surface area contributed by atoms with Gasteiger partial charge in [0, 0.05) is 29.4 Å². The summed E-state index contributed by atoms with van der Waals surface area (Å²) in [5.41, 5.74) is 2.27. The molecule has 8 heteroatoms. The molecule has 2 heterocycles. The van der Waals surface area contributed by atoms with Gasteiger partial charge in [0.1, 0.15) is 29.3 Å². The maximum atomic E-state index is 13.5. The normalized spacial score (nSPS) is 14.5. The molecule has 0 spiro atoms. The Morgan fingerprint density at radius 3 is 2.45 bits per heavy atom. The molecule has 0 radical (unpaired) electrons. The van der Waals surface area contributed by atoms with Gasteiger partial charge in [-0.25, -0.2) is 9.37 Å². The van der Waals surface area contributed by atoms with Crippen molar-refractivity contribution in [2.45, 2.75) is 33.0 Å². The van der Waals surface area contributed by atoms with E-state index in [-0.39, 0.29) is 17.6 Å². The highest BCUT2D eigenvalue weighted by Gasteiger charge is 2.31. The molecule has 0 unspecified atom stereocenters. The fourth-order valence-corrected chi connectivity index (χ4v) is 3.72. The number of nitrogens with one attached hydrogen (secondary N) is 1. The molecule has 1 aromatic heterocycles. The predicted molar refractivity (Wildman–Crippen MR) is 119 cm³/mol. The molecule has 1 aliphatic heterocycles. The first-order valence-electron chi connectivity index (χ1n) is 10.2. The van der Waals surface area contributed by atoms with Crippen LogP contribution < -0.4 is 5.32 Å². The third-order valence-electron chi connectivity index (χ3n) is 5.39. The zero-order valence-corrected chi connectivity index (χ0v) is 18.1. The summed E-state index contributed by atoms with van der Waals surface area (Å²) in [5.74, 6) is 0.692. The molecule has 6 nitrogen and oxygen atoms in total. The van der Waals surface area contributed by atoms with Gasteiger partial charge in [0.05, 0.1) is 6.54 Å². The Balaban J connectivity index is 1.71. The van der Waals surface area contributed by atoms with E-state index in [0.29, 0.717) is 36.2 Å². The number of fused-ring (bicyclic) bond motifs is 1. The number of imidazole rings is 1. The Morgan fingerprint density at radius 2 is 1.81 bits per heavy atom. The summed E-state index contributed by atoms with van der Waals surface area (Å²) in [4.78, 5) is 19.1. The van der Waals surface area contributed by atoms with Gasteiger partial charge >= 0.3 is 0 Å². The Hall–Kier alpha value is -2.90. The van der Waals surface area contributed by atoms with Crippen LogP contribution in [0.25, 0.3) is 11.3 Å². The van der Waals surface area contributed by atoms with Crippen molar-refractivity contribution in [3.63, 3.8) is 0 Å². The van der Waals surface area contributed by atoms with Crippen LogP contribution in [-0.4, -0.2) is 38.1 Å². The first kappa shape index (κ1) is 21.3. The zero-order valence-electron chi connectivity index (χ0n) is 17.3. The number of aliphatic hydroxyl groups excluding tert-OH is 1. The van der Waals surface area contributed by atoms with Gasteiger partial charge < -0.3 is 19.9 Å². The van der Waals surface area contributed by atoms with Crippen molar-refractivity contribution in [1.29, 1.82) is 0 Å². The van der Waals surface area contributed by atoms with Crippen molar-refractivity contribution < 1.29 is 14.3 Å². The number of hydrogen-bond donors (Lipinski definition) is 2. The maximum absolute atomic E-state index is 13.5. The number of nitrogens with zero attached hydrogens (tertiary/aromatic N) is 3. The molecule has 1 aliphatic rings. The largest absolute Gasteiger partial charge is 0.383 e. The van der Waals surface area contributed by atoms with Crippen molar-refractivity contribution in [3.8, 4) is 11.3 Å². The highest BCUT2D eigenvalue weighted by Crippen LogP contribution is 2.33. The van der Waals surface area contributed by atoms with E-state index in [4.69, 9.17) is 16.6 Å². The second-order valence-electron chi connectivity index (χ2n) is 7.96. The third-order valence-corrected chi connectivity index (χ3v) is 5.65. The molecule has 1 atom stereocenters. The summed E-state index contributed by atoms with van der Waals surface area (Å²) < 4.78 is 15.5. The average Bonchev–Trinajstić information content (AvgIpc) is 3.12. The topological polar surface area (TPSA) is 70.4 Å². The summed E-state index contributed by atoms with van der Waals surface area (Å²) in [6.07, 6.45) is -1.04. The van der Waals surface area contributed by atoms with Crippen LogP contribution >= 0.6 is 11.6 Å². The van der Waals surface area contributed by atoms with E-state index in [1.807, 2.05) is 30.5 Å². The first-order chi connectivity index (χ1) is 14.8. The molecular formula is C23H24ClFN4O2. The van der Waals surface area contributed by atoms with Crippen molar-refractivity contribution in [2.75, 3.05) is 11.9 Å². The van der Waals surface area contributed by atoms with Crippen LogP contribution in [0, 0.1) is 11.7 Å². The van der Waals surface area contributed by atoms with Crippen LogP contribution in [0.1, 0.15) is 19.7 Å². The highest BCUT2D eigenvalue weighted by molar-refractivity contribution is 6.30. The molecule has 4 rings (SSSR count). The molecule has 0 bridgehead atoms. The number of halogens is 2. The Labute approximate surface area is 185 Å². The summed E-state index contributed by atoms with van der Waals surface area (Å²) in [6.45, 7) is 4.90. The monoisotopic (exact) mass is 442 g/mol. The fourth-order valence-electron chi connectivity index (χ4n) is 3.60. The van der Waals surface area contributed by atoms with Crippen LogP contribution in [0.2, 0.25) is 5.02 Å². The van der Waals surface area contributed by atoms with Gasteiger partial charge in [0.15, 0.2) is 0 Å². The number of anilines is 2. The van der Waals surface area contributed by atoms with Crippen LogP contribution in [0.3, 0.4) is 0 Å². The number of aromatic nitrogens is 2. The Morgan fingerprint density at radius 1 is 1.13 bits per heavy atom. The number of amides is 1. The van der Waals surface area contributed by atoms with Crippen LogP contribution in [0.5, 0.6) is 0 Å². The van der Waals surface area contributed by atoms with E-state index in [2.05, 4.69) is 5.32 Å². The molecule has 0 saturated heterocycles. The van der Waals surface area contributed by atoms with Crippen molar-refractivity contribution >= 4 is 29.0 Å². The molecule has 0 aliphatic carbocycles. The van der Waals surface area contributed by atoms with Gasteiger partial charge in [-0.2, -0.15) is 0 Å². The molecule has 162 valence electrons. The second kappa shape index (κ2) is 8.69. The van der Waals surface area contributed by atoms with Crippen LogP contribution in [0.4, 0.5) is 15.9 Å². The van der Waals surface area contributed by atoms with Crippen LogP contribution in [-0.2, 0) is 17.9 Å². The molecular weight excluding hydrogens is 419 g/mol. The summed E-state index contributed by atoms with van der Waals surface area (Å²) in [5, 5.41) is 14.2. The quantitative estimate of drug-likeness (QED) is 0.612. The fraction of sp³-hybridized carbons (Fsp3) is 0.304. The lowest BCUT2D eigenvalue weighted by Gasteiger charge is -2.31. The van der Waals surface area contributed by atoms with Gasteiger partial charge in [-0.15, -0.1) is 0 Å². The number of hydrogen-bond acceptors (Lipinski definition) is 4. The summed E-state index contributed by atoms with van der Waals surface area (Å²) >= 11 is 6.01. The van der Waals surface area contributed by atoms with Crippen molar-refractivity contribution in [2.24, 2.45) is 5.92 Å². The molecule has 2 N–H and O–H groups in total. The van der Waals surface area contributed by atoms with Crippen LogP contribution in [0.15, 0.2) is 48.5 Å². The zero-order chi connectivity index (χ0) is 22.1. The maximum Gasteiger partial charge on any atom is 0.252 e. The molecule has 1 amide bonds. The van der Waals surface area contributed by atoms with Crippen molar-refractivity contribution in [3.05, 3.63) is 65.2 Å². The third kappa shape index (κ3) is 4.43. The molecule has 31 heavy (non-hydrogen) atoms. The summed E-state index contributed by atoms with van der Waals surface area (Å²) in [7, 11) is 0. The Kier molecular flexibility index (Phi) is 5.98. The van der Waals surface area contributed by atoms with Gasteiger partial charge in [-0.1, -0.05) is 25.4 Å². The van der Waals surface area contributed by atoms with E-state index in [1.54, 1.807) is 29.2 Å². The lowest BCUT2D eigenvalue weighted by Crippen LogP contribution is -2.45. The minimum absolute atomic E-state index is 0.161. The first-order valence-corrected chi connectivity index (χ1v) is 10.6. The van der Waals surface area contributed by atoms with E-state index in [9.17, 15) is 14.3 Å². The lowest BCUT2D eigenvalue weighted by atomic mass is 10.1. The molecule has 0 fully saturated rings. The van der Waals surface area contributed by atoms with Gasteiger partial charge in [0.2, 0.25) is 0 Å². The number of carbonyl (C=O) groups excluding carboxylic acids is 1. The van der Waals surface area contributed by atoms with Crippen molar-refractivity contribution in [1.82, 2.24) is 14.5 Å².